The Balaban J connectivity index is 1.90. The van der Waals surface area contributed by atoms with Gasteiger partial charge < -0.3 is 9.84 Å². The number of pyridine rings is 1. The van der Waals surface area contributed by atoms with Crippen molar-refractivity contribution in [3.8, 4) is 5.75 Å². The maximum atomic E-state index is 13.2. The first-order valence-electron chi connectivity index (χ1n) is 10.4. The average Bonchev–Trinajstić information content (AvgIpc) is 3.09. The second kappa shape index (κ2) is 8.67. The Hall–Kier alpha value is -3.93. The van der Waals surface area contributed by atoms with Crippen molar-refractivity contribution < 1.29 is 19.4 Å². The largest absolute Gasteiger partial charge is 0.507 e. The van der Waals surface area contributed by atoms with Crippen LogP contribution in [0.2, 0.25) is 0 Å². The molecule has 1 aliphatic rings. The first-order valence-corrected chi connectivity index (χ1v) is 10.4. The lowest BCUT2D eigenvalue weighted by Gasteiger charge is -2.25. The van der Waals surface area contributed by atoms with E-state index < -0.39 is 17.7 Å². The Morgan fingerprint density at radius 3 is 2.41 bits per heavy atom. The van der Waals surface area contributed by atoms with Crippen LogP contribution in [0.15, 0.2) is 78.5 Å². The van der Waals surface area contributed by atoms with Crippen LogP contribution in [0.1, 0.15) is 42.6 Å². The van der Waals surface area contributed by atoms with E-state index in [0.29, 0.717) is 28.6 Å². The zero-order chi connectivity index (χ0) is 22.8. The molecule has 1 fully saturated rings. The Kier molecular flexibility index (Phi) is 5.77. The van der Waals surface area contributed by atoms with Crippen LogP contribution in [0.4, 0.5) is 5.69 Å². The van der Waals surface area contributed by atoms with Gasteiger partial charge in [-0.2, -0.15) is 0 Å². The number of carbonyl (C=O) groups excluding carboxylic acids is 2. The number of amides is 1. The number of Topliss-reactive ketones (excluding diaryl/α,β-unsaturated/α-hetero) is 1. The van der Waals surface area contributed by atoms with E-state index in [0.717, 1.165) is 5.56 Å². The van der Waals surface area contributed by atoms with Gasteiger partial charge in [-0.3, -0.25) is 19.5 Å². The summed E-state index contributed by atoms with van der Waals surface area (Å²) in [5.74, 6) is -0.864. The number of anilines is 1. The molecule has 1 N–H and O–H groups in total. The molecule has 0 spiro atoms. The molecule has 162 valence electrons. The molecule has 1 aliphatic heterocycles. The van der Waals surface area contributed by atoms with E-state index in [1.807, 2.05) is 24.3 Å². The van der Waals surface area contributed by atoms with E-state index in [-0.39, 0.29) is 11.3 Å². The number of carbonyl (C=O) groups is 2. The van der Waals surface area contributed by atoms with Crippen LogP contribution in [-0.4, -0.2) is 28.9 Å². The molecule has 0 aliphatic carbocycles. The minimum Gasteiger partial charge on any atom is -0.507 e. The monoisotopic (exact) mass is 428 g/mol. The summed E-state index contributed by atoms with van der Waals surface area (Å²) in [6.07, 6.45) is 1.60. The number of aromatic nitrogens is 1. The maximum Gasteiger partial charge on any atom is 0.300 e. The van der Waals surface area contributed by atoms with Crippen LogP contribution in [0.3, 0.4) is 0 Å². The zero-order valence-electron chi connectivity index (χ0n) is 18.1. The number of nitrogens with zero attached hydrogens (tertiary/aromatic N) is 2. The fourth-order valence-corrected chi connectivity index (χ4v) is 3.86. The standard InChI is InChI=1S/C26H24N2O4/c1-16(2)17-10-12-19(13-11-17)28-23(21-9-4-5-14-27-21)22(25(30)26(28)31)24(29)18-7-6-8-20(15-18)32-3/h4-16,23,29H,1-3H3/b24-22-. The highest BCUT2D eigenvalue weighted by Gasteiger charge is 2.47. The van der Waals surface area contributed by atoms with Gasteiger partial charge in [0.15, 0.2) is 0 Å². The lowest BCUT2D eigenvalue weighted by Crippen LogP contribution is -2.29. The predicted molar refractivity (Wildman–Crippen MR) is 123 cm³/mol. The molecule has 0 bridgehead atoms. The smallest absolute Gasteiger partial charge is 0.300 e. The SMILES string of the molecule is COc1cccc(/C(O)=C2/C(=O)C(=O)N(c3ccc(C(C)C)cc3)C2c2ccccn2)c1. The van der Waals surface area contributed by atoms with E-state index in [9.17, 15) is 14.7 Å². The first kappa shape index (κ1) is 21.3. The van der Waals surface area contributed by atoms with Gasteiger partial charge in [-0.15, -0.1) is 0 Å². The average molecular weight is 428 g/mol. The van der Waals surface area contributed by atoms with Crippen molar-refractivity contribution in [1.82, 2.24) is 4.98 Å². The normalized spacial score (nSPS) is 17.8. The first-order chi connectivity index (χ1) is 15.4. The molecule has 2 heterocycles. The van der Waals surface area contributed by atoms with Gasteiger partial charge in [0.1, 0.15) is 17.6 Å². The summed E-state index contributed by atoms with van der Waals surface area (Å²) in [6.45, 7) is 4.17. The van der Waals surface area contributed by atoms with Gasteiger partial charge in [-0.25, -0.2) is 0 Å². The van der Waals surface area contributed by atoms with Crippen LogP contribution in [-0.2, 0) is 9.59 Å². The highest BCUT2D eigenvalue weighted by molar-refractivity contribution is 6.51. The molecule has 1 aromatic heterocycles. The Labute approximate surface area is 186 Å². The second-order valence-electron chi connectivity index (χ2n) is 7.90. The van der Waals surface area contributed by atoms with Gasteiger partial charge in [0.2, 0.25) is 0 Å². The Morgan fingerprint density at radius 1 is 1.03 bits per heavy atom. The van der Waals surface area contributed by atoms with Crippen molar-refractivity contribution in [1.29, 1.82) is 0 Å². The van der Waals surface area contributed by atoms with Gasteiger partial charge >= 0.3 is 0 Å². The predicted octanol–water partition coefficient (Wildman–Crippen LogP) is 4.84. The number of ether oxygens (including phenoxy) is 1. The number of ketones is 1. The molecule has 1 saturated heterocycles. The van der Waals surface area contributed by atoms with Crippen LogP contribution in [0.25, 0.3) is 5.76 Å². The van der Waals surface area contributed by atoms with Crippen molar-refractivity contribution >= 4 is 23.1 Å². The minimum atomic E-state index is -0.854. The minimum absolute atomic E-state index is 0.00473. The molecule has 0 radical (unpaired) electrons. The van der Waals surface area contributed by atoms with Crippen molar-refractivity contribution in [2.75, 3.05) is 12.0 Å². The van der Waals surface area contributed by atoms with Gasteiger partial charge in [0.05, 0.1) is 18.4 Å². The van der Waals surface area contributed by atoms with Crippen LogP contribution >= 0.6 is 0 Å². The lowest BCUT2D eigenvalue weighted by molar-refractivity contribution is -0.132. The van der Waals surface area contributed by atoms with Crippen molar-refractivity contribution in [3.05, 3.63) is 95.3 Å². The molecule has 3 aromatic rings. The van der Waals surface area contributed by atoms with Gasteiger partial charge in [-0.05, 0) is 47.9 Å². The number of rotatable bonds is 5. The lowest BCUT2D eigenvalue weighted by atomic mass is 9.97. The molecule has 4 rings (SSSR count). The summed E-state index contributed by atoms with van der Waals surface area (Å²) < 4.78 is 5.24. The number of benzene rings is 2. The third kappa shape index (κ3) is 3.75. The fraction of sp³-hybridized carbons (Fsp3) is 0.192. The molecule has 0 saturated carbocycles. The summed E-state index contributed by atoms with van der Waals surface area (Å²) in [5, 5.41) is 11.1. The fourth-order valence-electron chi connectivity index (χ4n) is 3.86. The van der Waals surface area contributed by atoms with Crippen LogP contribution in [0, 0.1) is 0 Å². The molecule has 1 unspecified atom stereocenters. The van der Waals surface area contributed by atoms with E-state index in [2.05, 4.69) is 18.8 Å². The molecule has 6 nitrogen and oxygen atoms in total. The van der Waals surface area contributed by atoms with E-state index in [1.165, 1.54) is 12.0 Å². The Morgan fingerprint density at radius 2 is 1.78 bits per heavy atom. The topological polar surface area (TPSA) is 79.7 Å². The molecule has 2 aromatic carbocycles. The number of hydrogen-bond donors (Lipinski definition) is 1. The summed E-state index contributed by atoms with van der Waals surface area (Å²) in [7, 11) is 1.52. The van der Waals surface area contributed by atoms with Gasteiger partial charge in [0, 0.05) is 17.4 Å². The molecule has 1 amide bonds. The van der Waals surface area contributed by atoms with Crippen LogP contribution < -0.4 is 9.64 Å². The highest BCUT2D eigenvalue weighted by Crippen LogP contribution is 2.41. The number of aliphatic hydroxyl groups is 1. The third-order valence-corrected chi connectivity index (χ3v) is 5.59. The van der Waals surface area contributed by atoms with Gasteiger partial charge in [-0.1, -0.05) is 44.2 Å². The number of hydrogen-bond acceptors (Lipinski definition) is 5. The van der Waals surface area contributed by atoms with Gasteiger partial charge in [0.25, 0.3) is 11.7 Å². The molecule has 1 atom stereocenters. The number of methoxy groups -OCH3 is 1. The van der Waals surface area contributed by atoms with Crippen molar-refractivity contribution in [2.24, 2.45) is 0 Å². The molecular formula is C26H24N2O4. The van der Waals surface area contributed by atoms with E-state index >= 15 is 0 Å². The second-order valence-corrected chi connectivity index (χ2v) is 7.90. The van der Waals surface area contributed by atoms with Crippen molar-refractivity contribution in [2.45, 2.75) is 25.8 Å². The summed E-state index contributed by atoms with van der Waals surface area (Å²) in [6, 6.07) is 18.7. The summed E-state index contributed by atoms with van der Waals surface area (Å²) in [5.41, 5.74) is 2.56. The highest BCUT2D eigenvalue weighted by atomic mass is 16.5. The quantitative estimate of drug-likeness (QED) is 0.357. The molecular weight excluding hydrogens is 404 g/mol. The zero-order valence-corrected chi connectivity index (χ0v) is 18.1. The summed E-state index contributed by atoms with van der Waals surface area (Å²) >= 11 is 0. The van der Waals surface area contributed by atoms with E-state index in [1.54, 1.807) is 48.7 Å². The van der Waals surface area contributed by atoms with E-state index in [4.69, 9.17) is 4.74 Å². The van der Waals surface area contributed by atoms with Crippen LogP contribution in [0.5, 0.6) is 5.75 Å². The third-order valence-electron chi connectivity index (χ3n) is 5.59. The molecule has 6 heteroatoms. The Bertz CT molecular complexity index is 1180. The summed E-state index contributed by atoms with van der Waals surface area (Å²) in [4.78, 5) is 32.1. The maximum absolute atomic E-state index is 13.2. The van der Waals surface area contributed by atoms with Crippen molar-refractivity contribution in [3.63, 3.8) is 0 Å². The number of aliphatic hydroxyl groups excluding tert-OH is 1. The molecule has 32 heavy (non-hydrogen) atoms.